The largest absolute Gasteiger partial charge is 0.330 e. The highest BCUT2D eigenvalue weighted by Gasteiger charge is 2.29. The highest BCUT2D eigenvalue weighted by Crippen LogP contribution is 2.30. The summed E-state index contributed by atoms with van der Waals surface area (Å²) in [5.41, 5.74) is 7.77. The number of amides is 1. The van der Waals surface area contributed by atoms with Crippen LogP contribution >= 0.6 is 15.9 Å². The third kappa shape index (κ3) is 3.80. The number of aryl methyl sites for hydroxylation is 1. The molecule has 0 aliphatic heterocycles. The molecule has 0 heterocycles. The summed E-state index contributed by atoms with van der Waals surface area (Å²) >= 11 is 3.45. The zero-order valence-electron chi connectivity index (χ0n) is 11.3. The second-order valence-corrected chi connectivity index (χ2v) is 6.31. The predicted octanol–water partition coefficient (Wildman–Crippen LogP) is 3.46. The van der Waals surface area contributed by atoms with Crippen LogP contribution in [-0.2, 0) is 4.79 Å². The fourth-order valence-electron chi connectivity index (χ4n) is 2.88. The van der Waals surface area contributed by atoms with E-state index in [4.69, 9.17) is 5.73 Å². The third-order valence-electron chi connectivity index (χ3n) is 3.86. The number of nitrogens with one attached hydrogen (secondary N) is 1. The van der Waals surface area contributed by atoms with E-state index in [0.29, 0.717) is 12.5 Å². The van der Waals surface area contributed by atoms with Gasteiger partial charge < -0.3 is 11.1 Å². The van der Waals surface area contributed by atoms with Gasteiger partial charge in [0, 0.05) is 16.1 Å². The maximum Gasteiger partial charge on any atom is 0.227 e. The standard InChI is InChI=1S/C15H21BrN2O/c1-10-6-12(16)8-13(7-10)18-15(19)14-5-3-2-4-11(14)9-17/h6-8,11,14H,2-5,9,17H2,1H3,(H,18,19). The molecule has 0 radical (unpaired) electrons. The lowest BCUT2D eigenvalue weighted by Gasteiger charge is -2.29. The molecule has 3 nitrogen and oxygen atoms in total. The molecule has 1 aromatic rings. The molecule has 0 spiro atoms. The average Bonchev–Trinajstić information content (AvgIpc) is 2.37. The van der Waals surface area contributed by atoms with Gasteiger partial charge in [-0.2, -0.15) is 0 Å². The smallest absolute Gasteiger partial charge is 0.227 e. The van der Waals surface area contributed by atoms with E-state index in [0.717, 1.165) is 35.0 Å². The Kier molecular flexibility index (Phi) is 4.99. The number of rotatable bonds is 3. The van der Waals surface area contributed by atoms with Gasteiger partial charge in [0.05, 0.1) is 0 Å². The van der Waals surface area contributed by atoms with Gasteiger partial charge in [-0.05, 0) is 56.0 Å². The minimum Gasteiger partial charge on any atom is -0.330 e. The summed E-state index contributed by atoms with van der Waals surface area (Å²) in [5, 5.41) is 3.03. The topological polar surface area (TPSA) is 55.1 Å². The number of carbonyl (C=O) groups is 1. The van der Waals surface area contributed by atoms with Crippen molar-refractivity contribution >= 4 is 27.5 Å². The Hall–Kier alpha value is -0.870. The van der Waals surface area contributed by atoms with Gasteiger partial charge in [-0.25, -0.2) is 0 Å². The normalized spacial score (nSPS) is 23.1. The summed E-state index contributed by atoms with van der Waals surface area (Å²) in [6, 6.07) is 5.95. The summed E-state index contributed by atoms with van der Waals surface area (Å²) in [7, 11) is 0. The van der Waals surface area contributed by atoms with Gasteiger partial charge in [0.2, 0.25) is 5.91 Å². The first-order valence-corrected chi connectivity index (χ1v) is 7.67. The van der Waals surface area contributed by atoms with Gasteiger partial charge in [0.25, 0.3) is 0 Å². The second-order valence-electron chi connectivity index (χ2n) is 5.39. The second kappa shape index (κ2) is 6.53. The molecule has 2 atom stereocenters. The zero-order chi connectivity index (χ0) is 13.8. The molecule has 1 aliphatic rings. The number of hydrogen-bond donors (Lipinski definition) is 2. The summed E-state index contributed by atoms with van der Waals surface area (Å²) in [6.45, 7) is 2.62. The van der Waals surface area contributed by atoms with Crippen LogP contribution in [0.1, 0.15) is 31.2 Å². The Morgan fingerprint density at radius 1 is 1.37 bits per heavy atom. The summed E-state index contributed by atoms with van der Waals surface area (Å²) in [5.74, 6) is 0.521. The van der Waals surface area contributed by atoms with Gasteiger partial charge >= 0.3 is 0 Å². The van der Waals surface area contributed by atoms with Crippen LogP contribution < -0.4 is 11.1 Å². The van der Waals surface area contributed by atoms with Crippen molar-refractivity contribution in [3.8, 4) is 0 Å². The van der Waals surface area contributed by atoms with Crippen molar-refractivity contribution in [1.29, 1.82) is 0 Å². The van der Waals surface area contributed by atoms with E-state index in [9.17, 15) is 4.79 Å². The summed E-state index contributed by atoms with van der Waals surface area (Å²) in [4.78, 5) is 12.4. The van der Waals surface area contributed by atoms with Crippen LogP contribution in [0.3, 0.4) is 0 Å². The molecule has 1 aromatic carbocycles. The van der Waals surface area contributed by atoms with Crippen LogP contribution in [0.2, 0.25) is 0 Å². The number of benzene rings is 1. The predicted molar refractivity (Wildman–Crippen MR) is 82.0 cm³/mol. The van der Waals surface area contributed by atoms with Crippen molar-refractivity contribution in [2.75, 3.05) is 11.9 Å². The van der Waals surface area contributed by atoms with Gasteiger partial charge in [0.15, 0.2) is 0 Å². The van der Waals surface area contributed by atoms with Crippen molar-refractivity contribution in [3.63, 3.8) is 0 Å². The average molecular weight is 325 g/mol. The molecule has 3 N–H and O–H groups in total. The Bertz CT molecular complexity index is 441. The van der Waals surface area contributed by atoms with E-state index in [-0.39, 0.29) is 11.8 Å². The zero-order valence-corrected chi connectivity index (χ0v) is 12.9. The van der Waals surface area contributed by atoms with Crippen LogP contribution in [-0.4, -0.2) is 12.5 Å². The minimum atomic E-state index is 0.0676. The number of nitrogens with two attached hydrogens (primary N) is 1. The molecule has 2 rings (SSSR count). The quantitative estimate of drug-likeness (QED) is 0.894. The Balaban J connectivity index is 2.07. The molecule has 2 unspecified atom stereocenters. The summed E-state index contributed by atoms with van der Waals surface area (Å²) in [6.07, 6.45) is 4.36. The first kappa shape index (κ1) is 14.5. The van der Waals surface area contributed by atoms with Gasteiger partial charge in [0.1, 0.15) is 0 Å². The molecule has 0 aromatic heterocycles. The first-order valence-electron chi connectivity index (χ1n) is 6.88. The number of carbonyl (C=O) groups excluding carboxylic acids is 1. The van der Waals surface area contributed by atoms with E-state index >= 15 is 0 Å². The van der Waals surface area contributed by atoms with Crippen molar-refractivity contribution < 1.29 is 4.79 Å². The monoisotopic (exact) mass is 324 g/mol. The fourth-order valence-corrected chi connectivity index (χ4v) is 3.49. The number of anilines is 1. The molecule has 4 heteroatoms. The fraction of sp³-hybridized carbons (Fsp3) is 0.533. The van der Waals surface area contributed by atoms with Crippen LogP contribution in [0, 0.1) is 18.8 Å². The molecule has 0 saturated heterocycles. The Morgan fingerprint density at radius 3 is 2.79 bits per heavy atom. The highest BCUT2D eigenvalue weighted by molar-refractivity contribution is 9.10. The van der Waals surface area contributed by atoms with E-state index in [2.05, 4.69) is 21.2 Å². The molecule has 1 saturated carbocycles. The van der Waals surface area contributed by atoms with Crippen molar-refractivity contribution in [2.24, 2.45) is 17.6 Å². The van der Waals surface area contributed by atoms with Gasteiger partial charge in [-0.1, -0.05) is 28.8 Å². The SMILES string of the molecule is Cc1cc(Br)cc(NC(=O)C2CCCCC2CN)c1. The third-order valence-corrected chi connectivity index (χ3v) is 4.32. The van der Waals surface area contributed by atoms with Crippen molar-refractivity contribution in [1.82, 2.24) is 0 Å². The van der Waals surface area contributed by atoms with Crippen molar-refractivity contribution in [3.05, 3.63) is 28.2 Å². The van der Waals surface area contributed by atoms with Crippen LogP contribution in [0.15, 0.2) is 22.7 Å². The Labute approximate surface area is 123 Å². The van der Waals surface area contributed by atoms with E-state index in [1.807, 2.05) is 25.1 Å². The van der Waals surface area contributed by atoms with Crippen LogP contribution in [0.4, 0.5) is 5.69 Å². The van der Waals surface area contributed by atoms with Gasteiger partial charge in [-0.3, -0.25) is 4.79 Å². The highest BCUT2D eigenvalue weighted by atomic mass is 79.9. The first-order chi connectivity index (χ1) is 9.10. The lowest BCUT2D eigenvalue weighted by atomic mass is 9.78. The molecular formula is C15H21BrN2O. The van der Waals surface area contributed by atoms with Crippen LogP contribution in [0.5, 0.6) is 0 Å². The van der Waals surface area contributed by atoms with Gasteiger partial charge in [-0.15, -0.1) is 0 Å². The molecule has 0 bridgehead atoms. The molecule has 19 heavy (non-hydrogen) atoms. The molecule has 104 valence electrons. The van der Waals surface area contributed by atoms with E-state index < -0.39 is 0 Å². The van der Waals surface area contributed by atoms with Crippen molar-refractivity contribution in [2.45, 2.75) is 32.6 Å². The van der Waals surface area contributed by atoms with E-state index in [1.54, 1.807) is 0 Å². The lowest BCUT2D eigenvalue weighted by molar-refractivity contribution is -0.122. The molecule has 1 aliphatic carbocycles. The number of halogens is 1. The van der Waals surface area contributed by atoms with E-state index in [1.165, 1.54) is 6.42 Å². The Morgan fingerprint density at radius 2 is 2.11 bits per heavy atom. The molecule has 1 fully saturated rings. The molecular weight excluding hydrogens is 304 g/mol. The lowest BCUT2D eigenvalue weighted by Crippen LogP contribution is -2.35. The maximum absolute atomic E-state index is 12.4. The molecule has 1 amide bonds. The van der Waals surface area contributed by atoms with Crippen LogP contribution in [0.25, 0.3) is 0 Å². The minimum absolute atomic E-state index is 0.0676. The maximum atomic E-state index is 12.4. The summed E-state index contributed by atoms with van der Waals surface area (Å²) < 4.78 is 0.988. The number of hydrogen-bond acceptors (Lipinski definition) is 2.